The number of nitrogens with one attached hydrogen (secondary N) is 1. The van der Waals surface area contributed by atoms with E-state index in [-0.39, 0.29) is 40.8 Å². The van der Waals surface area contributed by atoms with E-state index in [1.807, 2.05) is 0 Å². The largest absolute Gasteiger partial charge is 0.355 e. The second kappa shape index (κ2) is 6.61. The number of benzene rings is 1. The van der Waals surface area contributed by atoms with Crippen LogP contribution >= 0.6 is 0 Å². The average Bonchev–Trinajstić information content (AvgIpc) is 3.27. The third-order valence-corrected chi connectivity index (χ3v) is 5.33. The van der Waals surface area contributed by atoms with Gasteiger partial charge in [-0.1, -0.05) is 12.1 Å². The van der Waals surface area contributed by atoms with Gasteiger partial charge in [-0.3, -0.25) is 15.2 Å². The zero-order chi connectivity index (χ0) is 16.3. The highest BCUT2D eigenvalue weighted by Crippen LogP contribution is 2.34. The molecule has 1 aromatic rings. The molecular weight excluding hydrogens is 310 g/mol. The second-order valence-corrected chi connectivity index (χ2v) is 6.95. The molecule has 0 spiro atoms. The minimum absolute atomic E-state index is 0.113. The topological polar surface area (TPSA) is 110 Å². The van der Waals surface area contributed by atoms with E-state index in [9.17, 15) is 23.6 Å². The normalized spacial score (nSPS) is 14.9. The Bertz CT molecular complexity index is 643. The van der Waals surface area contributed by atoms with Gasteiger partial charge >= 0.3 is 0 Å². The molecule has 1 saturated carbocycles. The number of hydrogen-bond acceptors (Lipinski definition) is 6. The molecule has 0 atom stereocenters. The third-order valence-electron chi connectivity index (χ3n) is 3.33. The molecule has 122 valence electrons. The summed E-state index contributed by atoms with van der Waals surface area (Å²) in [6.45, 7) is 1.70. The maximum atomic E-state index is 12.8. The van der Waals surface area contributed by atoms with Crippen molar-refractivity contribution in [3.8, 4) is 0 Å². The van der Waals surface area contributed by atoms with Gasteiger partial charge in [0.05, 0.1) is 0 Å². The Morgan fingerprint density at radius 3 is 2.50 bits per heavy atom. The van der Waals surface area contributed by atoms with Gasteiger partial charge in [-0.15, -0.1) is 5.23 Å². The summed E-state index contributed by atoms with van der Waals surface area (Å²) in [5.74, 6) is -0.231. The first-order valence-corrected chi connectivity index (χ1v) is 8.31. The van der Waals surface area contributed by atoms with Crippen LogP contribution < -0.4 is 10.5 Å². The van der Waals surface area contributed by atoms with Crippen molar-refractivity contribution in [3.05, 3.63) is 24.3 Å². The number of carbonyl (C=O) groups is 1. The lowest BCUT2D eigenvalue weighted by atomic mass is 10.3. The van der Waals surface area contributed by atoms with Crippen LogP contribution in [-0.4, -0.2) is 48.2 Å². The average molecular weight is 329 g/mol. The number of sulfonamides is 1. The molecule has 8 nitrogen and oxygen atoms in total. The molecule has 0 unspecified atom stereocenters. The Balaban J connectivity index is 2.28. The summed E-state index contributed by atoms with van der Waals surface area (Å²) in [6.07, 6.45) is 1.51. The summed E-state index contributed by atoms with van der Waals surface area (Å²) in [7, 11) is -3.89. The van der Waals surface area contributed by atoms with Crippen LogP contribution in [0.2, 0.25) is 0 Å². The van der Waals surface area contributed by atoms with E-state index >= 15 is 0 Å². The Morgan fingerprint density at radius 2 is 1.95 bits per heavy atom. The molecule has 3 N–H and O–H groups in total. The van der Waals surface area contributed by atoms with Gasteiger partial charge in [-0.25, -0.2) is 8.42 Å². The van der Waals surface area contributed by atoms with Gasteiger partial charge in [-0.2, -0.15) is 4.31 Å². The highest BCUT2D eigenvalue weighted by atomic mass is 32.2. The molecular formula is C13H19N3O5S. The fourth-order valence-electron chi connectivity index (χ4n) is 2.17. The first-order valence-electron chi connectivity index (χ1n) is 6.87. The molecule has 1 aromatic carbocycles. The maximum absolute atomic E-state index is 12.8. The standard InChI is InChI=1S/C13H19N3O5S/c1-10(17)14-8-9-15(11-6-7-11)22(20,21)13-5-3-2-4-12(13)16(18)19/h2-5,11,18-19H,6-9H2,1H3,(H,14,17). The number of nitrogens with zero attached hydrogens (tertiary/aromatic N) is 2. The highest BCUT2D eigenvalue weighted by Gasteiger charge is 2.39. The van der Waals surface area contributed by atoms with Crippen LogP contribution in [0.3, 0.4) is 0 Å². The number of anilines is 1. The van der Waals surface area contributed by atoms with Gasteiger partial charge in [0.15, 0.2) is 0 Å². The van der Waals surface area contributed by atoms with E-state index in [4.69, 9.17) is 0 Å². The van der Waals surface area contributed by atoms with Gasteiger partial charge in [0.2, 0.25) is 15.9 Å². The molecule has 1 fully saturated rings. The minimum Gasteiger partial charge on any atom is -0.355 e. The summed E-state index contributed by atoms with van der Waals surface area (Å²) in [5, 5.41) is 20.8. The minimum atomic E-state index is -3.89. The Kier molecular flexibility index (Phi) is 5.01. The van der Waals surface area contributed by atoms with E-state index in [1.165, 1.54) is 35.5 Å². The molecule has 2 rings (SSSR count). The summed E-state index contributed by atoms with van der Waals surface area (Å²) in [4.78, 5) is 10.7. The van der Waals surface area contributed by atoms with Crippen LogP contribution in [0.1, 0.15) is 19.8 Å². The van der Waals surface area contributed by atoms with Crippen molar-refractivity contribution in [2.75, 3.05) is 18.3 Å². The molecule has 9 heteroatoms. The molecule has 22 heavy (non-hydrogen) atoms. The van der Waals surface area contributed by atoms with Crippen molar-refractivity contribution in [2.45, 2.75) is 30.7 Å². The van der Waals surface area contributed by atoms with Gasteiger partial charge in [0.1, 0.15) is 10.6 Å². The molecule has 0 heterocycles. The lowest BCUT2D eigenvalue weighted by molar-refractivity contribution is -0.118. The predicted molar refractivity (Wildman–Crippen MR) is 78.1 cm³/mol. The Morgan fingerprint density at radius 1 is 1.32 bits per heavy atom. The summed E-state index contributed by atoms with van der Waals surface area (Å²) < 4.78 is 26.9. The van der Waals surface area contributed by atoms with E-state index in [1.54, 1.807) is 0 Å². The van der Waals surface area contributed by atoms with Crippen LogP contribution in [0.5, 0.6) is 0 Å². The van der Waals surface area contributed by atoms with Gasteiger partial charge in [-0.05, 0) is 25.0 Å². The van der Waals surface area contributed by atoms with Crippen molar-refractivity contribution >= 4 is 21.6 Å². The summed E-state index contributed by atoms with van der Waals surface area (Å²) in [5.41, 5.74) is -0.215. The molecule has 1 amide bonds. The van der Waals surface area contributed by atoms with E-state index in [2.05, 4.69) is 5.32 Å². The number of rotatable bonds is 7. The van der Waals surface area contributed by atoms with Crippen LogP contribution in [0.4, 0.5) is 5.69 Å². The monoisotopic (exact) mass is 329 g/mol. The number of carbonyl (C=O) groups excluding carboxylic acids is 1. The third kappa shape index (κ3) is 3.74. The lowest BCUT2D eigenvalue weighted by Gasteiger charge is -2.24. The second-order valence-electron chi connectivity index (χ2n) is 5.09. The molecule has 1 aliphatic carbocycles. The molecule has 0 radical (unpaired) electrons. The molecule has 0 aromatic heterocycles. The Labute approximate surface area is 128 Å². The van der Waals surface area contributed by atoms with Crippen molar-refractivity contribution < 1.29 is 23.6 Å². The van der Waals surface area contributed by atoms with Crippen molar-refractivity contribution in [1.29, 1.82) is 0 Å². The molecule has 0 bridgehead atoms. The fourth-order valence-corrected chi connectivity index (χ4v) is 4.02. The van der Waals surface area contributed by atoms with E-state index in [0.717, 1.165) is 12.8 Å². The number of amides is 1. The Hall–Kier alpha value is -1.68. The van der Waals surface area contributed by atoms with Gasteiger partial charge < -0.3 is 5.32 Å². The van der Waals surface area contributed by atoms with E-state index in [0.29, 0.717) is 0 Å². The zero-order valence-corrected chi connectivity index (χ0v) is 13.0. The van der Waals surface area contributed by atoms with Gasteiger partial charge in [0, 0.05) is 26.1 Å². The summed E-state index contributed by atoms with van der Waals surface area (Å²) in [6, 6.07) is 5.52. The molecule has 0 aliphatic heterocycles. The summed E-state index contributed by atoms with van der Waals surface area (Å²) >= 11 is 0. The van der Waals surface area contributed by atoms with Crippen LogP contribution in [0.15, 0.2) is 29.2 Å². The lowest BCUT2D eigenvalue weighted by Crippen LogP contribution is -2.39. The van der Waals surface area contributed by atoms with Crippen molar-refractivity contribution in [2.24, 2.45) is 0 Å². The fraction of sp³-hybridized carbons (Fsp3) is 0.462. The van der Waals surface area contributed by atoms with Crippen LogP contribution in [-0.2, 0) is 14.8 Å². The van der Waals surface area contributed by atoms with Crippen molar-refractivity contribution in [3.63, 3.8) is 0 Å². The van der Waals surface area contributed by atoms with Crippen LogP contribution in [0, 0.1) is 0 Å². The quantitative estimate of drug-likeness (QED) is 0.631. The number of para-hydroxylation sites is 1. The predicted octanol–water partition coefficient (Wildman–Crippen LogP) is 0.561. The number of hydrogen-bond donors (Lipinski definition) is 3. The van der Waals surface area contributed by atoms with Gasteiger partial charge in [0.25, 0.3) is 0 Å². The maximum Gasteiger partial charge on any atom is 0.245 e. The highest BCUT2D eigenvalue weighted by molar-refractivity contribution is 7.89. The van der Waals surface area contributed by atoms with E-state index < -0.39 is 10.0 Å². The smallest absolute Gasteiger partial charge is 0.245 e. The van der Waals surface area contributed by atoms with Crippen molar-refractivity contribution in [1.82, 2.24) is 9.62 Å². The molecule has 0 saturated heterocycles. The SMILES string of the molecule is CC(=O)NCCN(C1CC1)S(=O)(=O)c1ccccc1N(O)O. The first-order chi connectivity index (χ1) is 10.3. The molecule has 1 aliphatic rings. The van der Waals surface area contributed by atoms with Crippen LogP contribution in [0.25, 0.3) is 0 Å². The zero-order valence-electron chi connectivity index (χ0n) is 12.1. The first kappa shape index (κ1) is 16.7.